The van der Waals surface area contributed by atoms with Crippen LogP contribution >= 0.6 is 0 Å². The molecule has 5 nitrogen and oxygen atoms in total. The lowest BCUT2D eigenvalue weighted by Crippen LogP contribution is -2.13. The molecule has 0 saturated heterocycles. The number of rotatable bonds is 4. The molecule has 112 valence electrons. The SMILES string of the molecule is COc1cccc(COc2cc(N)nc(C(F)(F)F)n2)c1. The van der Waals surface area contributed by atoms with Crippen molar-refractivity contribution in [3.05, 3.63) is 41.7 Å². The number of methoxy groups -OCH3 is 1. The molecule has 2 N–H and O–H groups in total. The number of aromatic nitrogens is 2. The number of nitrogens with two attached hydrogens (primary N) is 1. The number of hydrogen-bond acceptors (Lipinski definition) is 5. The Hall–Kier alpha value is -2.51. The molecule has 21 heavy (non-hydrogen) atoms. The second kappa shape index (κ2) is 5.86. The Bertz CT molecular complexity index is 632. The van der Waals surface area contributed by atoms with E-state index in [1.165, 1.54) is 7.11 Å². The van der Waals surface area contributed by atoms with Gasteiger partial charge in [-0.05, 0) is 17.7 Å². The molecule has 0 saturated carbocycles. The van der Waals surface area contributed by atoms with Crippen LogP contribution in [-0.4, -0.2) is 17.1 Å². The van der Waals surface area contributed by atoms with Crippen LogP contribution in [0.5, 0.6) is 11.6 Å². The molecule has 0 radical (unpaired) electrons. The zero-order chi connectivity index (χ0) is 15.5. The van der Waals surface area contributed by atoms with Gasteiger partial charge in [-0.2, -0.15) is 18.2 Å². The lowest BCUT2D eigenvalue weighted by atomic mass is 10.2. The average molecular weight is 299 g/mol. The molecule has 0 aliphatic rings. The fourth-order valence-electron chi connectivity index (χ4n) is 1.56. The van der Waals surface area contributed by atoms with Crippen molar-refractivity contribution < 1.29 is 22.6 Å². The Kier molecular flexibility index (Phi) is 4.15. The molecule has 0 bridgehead atoms. The summed E-state index contributed by atoms with van der Waals surface area (Å²) in [6.07, 6.45) is -4.68. The Morgan fingerprint density at radius 1 is 1.19 bits per heavy atom. The standard InChI is InChI=1S/C13H12F3N3O2/c1-20-9-4-2-3-8(5-9)7-21-11-6-10(17)18-12(19-11)13(14,15)16/h2-6H,7H2,1H3,(H2,17,18,19). The van der Waals surface area contributed by atoms with Crippen LogP contribution in [0.25, 0.3) is 0 Å². The van der Waals surface area contributed by atoms with Gasteiger partial charge in [0.15, 0.2) is 0 Å². The van der Waals surface area contributed by atoms with Crippen molar-refractivity contribution in [3.8, 4) is 11.6 Å². The number of nitrogen functional groups attached to an aromatic ring is 1. The van der Waals surface area contributed by atoms with Crippen molar-refractivity contribution in [1.82, 2.24) is 9.97 Å². The summed E-state index contributed by atoms with van der Waals surface area (Å²) in [6.45, 7) is 0.0327. The first-order valence-corrected chi connectivity index (χ1v) is 5.86. The van der Waals surface area contributed by atoms with Gasteiger partial charge >= 0.3 is 6.18 Å². The third-order valence-electron chi connectivity index (χ3n) is 2.50. The van der Waals surface area contributed by atoms with Crippen LogP contribution in [0.2, 0.25) is 0 Å². The Morgan fingerprint density at radius 2 is 1.95 bits per heavy atom. The third-order valence-corrected chi connectivity index (χ3v) is 2.50. The van der Waals surface area contributed by atoms with Crippen LogP contribution in [0, 0.1) is 0 Å². The number of alkyl halides is 3. The molecule has 0 aliphatic carbocycles. The highest BCUT2D eigenvalue weighted by molar-refractivity contribution is 5.34. The summed E-state index contributed by atoms with van der Waals surface area (Å²) in [5.74, 6) is -1.26. The summed E-state index contributed by atoms with van der Waals surface area (Å²) in [4.78, 5) is 6.42. The van der Waals surface area contributed by atoms with Crippen LogP contribution in [0.1, 0.15) is 11.4 Å². The topological polar surface area (TPSA) is 70.3 Å². The van der Waals surface area contributed by atoms with E-state index in [4.69, 9.17) is 15.2 Å². The van der Waals surface area contributed by atoms with Crippen molar-refractivity contribution in [2.75, 3.05) is 12.8 Å². The van der Waals surface area contributed by atoms with Crippen molar-refractivity contribution in [2.45, 2.75) is 12.8 Å². The van der Waals surface area contributed by atoms with Crippen LogP contribution in [-0.2, 0) is 12.8 Å². The highest BCUT2D eigenvalue weighted by atomic mass is 19.4. The third kappa shape index (κ3) is 3.98. The maximum absolute atomic E-state index is 12.6. The van der Waals surface area contributed by atoms with Crippen LogP contribution in [0.15, 0.2) is 30.3 Å². The van der Waals surface area contributed by atoms with Gasteiger partial charge in [0.2, 0.25) is 11.7 Å². The lowest BCUT2D eigenvalue weighted by Gasteiger charge is -2.10. The first-order valence-electron chi connectivity index (χ1n) is 5.86. The van der Waals surface area contributed by atoms with E-state index in [1.807, 2.05) is 0 Å². The summed E-state index contributed by atoms with van der Waals surface area (Å²) >= 11 is 0. The molecule has 0 fully saturated rings. The van der Waals surface area contributed by atoms with E-state index in [0.717, 1.165) is 11.6 Å². The maximum Gasteiger partial charge on any atom is 0.451 e. The summed E-state index contributed by atoms with van der Waals surface area (Å²) in [5.41, 5.74) is 6.04. The molecule has 0 unspecified atom stereocenters. The van der Waals surface area contributed by atoms with Gasteiger partial charge in [0.05, 0.1) is 7.11 Å². The fraction of sp³-hybridized carbons (Fsp3) is 0.231. The average Bonchev–Trinajstić information content (AvgIpc) is 2.44. The normalized spacial score (nSPS) is 11.2. The van der Waals surface area contributed by atoms with Crippen molar-refractivity contribution in [3.63, 3.8) is 0 Å². The number of halogens is 3. The fourth-order valence-corrected chi connectivity index (χ4v) is 1.56. The minimum Gasteiger partial charge on any atom is -0.497 e. The zero-order valence-electron chi connectivity index (χ0n) is 11.0. The molecule has 8 heteroatoms. The molecule has 0 spiro atoms. The Morgan fingerprint density at radius 3 is 2.62 bits per heavy atom. The van der Waals surface area contributed by atoms with E-state index in [1.54, 1.807) is 24.3 Å². The predicted octanol–water partition coefficient (Wildman–Crippen LogP) is 2.67. The molecule has 1 aromatic heterocycles. The van der Waals surface area contributed by atoms with Gasteiger partial charge in [0.25, 0.3) is 0 Å². The van der Waals surface area contributed by atoms with Crippen LogP contribution < -0.4 is 15.2 Å². The monoisotopic (exact) mass is 299 g/mol. The van der Waals surface area contributed by atoms with E-state index in [9.17, 15) is 13.2 Å². The minimum absolute atomic E-state index is 0.0327. The molecular formula is C13H12F3N3O2. The minimum atomic E-state index is -4.68. The number of hydrogen-bond donors (Lipinski definition) is 1. The number of benzene rings is 1. The first-order chi connectivity index (χ1) is 9.88. The quantitative estimate of drug-likeness (QED) is 0.940. The molecule has 2 rings (SSSR count). The maximum atomic E-state index is 12.6. The molecule has 2 aromatic rings. The molecule has 0 atom stereocenters. The largest absolute Gasteiger partial charge is 0.497 e. The summed E-state index contributed by atoms with van der Waals surface area (Å²) in [5, 5.41) is 0. The number of ether oxygens (including phenoxy) is 2. The second-order valence-electron chi connectivity index (χ2n) is 4.09. The van der Waals surface area contributed by atoms with Crippen molar-refractivity contribution in [2.24, 2.45) is 0 Å². The molecule has 0 amide bonds. The van der Waals surface area contributed by atoms with Crippen LogP contribution in [0.3, 0.4) is 0 Å². The second-order valence-corrected chi connectivity index (χ2v) is 4.09. The van der Waals surface area contributed by atoms with E-state index in [0.29, 0.717) is 5.75 Å². The highest BCUT2D eigenvalue weighted by Crippen LogP contribution is 2.28. The van der Waals surface area contributed by atoms with E-state index in [2.05, 4.69) is 9.97 Å². The van der Waals surface area contributed by atoms with Gasteiger partial charge in [-0.3, -0.25) is 0 Å². The zero-order valence-corrected chi connectivity index (χ0v) is 11.0. The first kappa shape index (κ1) is 14.9. The van der Waals surface area contributed by atoms with Gasteiger partial charge in [0.1, 0.15) is 18.2 Å². The Balaban J connectivity index is 2.14. The molecular weight excluding hydrogens is 287 g/mol. The summed E-state index contributed by atoms with van der Waals surface area (Å²) < 4.78 is 47.9. The molecule has 1 heterocycles. The van der Waals surface area contributed by atoms with Gasteiger partial charge in [-0.25, -0.2) is 4.98 Å². The van der Waals surface area contributed by atoms with E-state index < -0.39 is 12.0 Å². The van der Waals surface area contributed by atoms with E-state index in [-0.39, 0.29) is 18.3 Å². The summed E-state index contributed by atoms with van der Waals surface area (Å²) in [6, 6.07) is 8.07. The van der Waals surface area contributed by atoms with Gasteiger partial charge in [-0.15, -0.1) is 0 Å². The van der Waals surface area contributed by atoms with Crippen LogP contribution in [0.4, 0.5) is 19.0 Å². The van der Waals surface area contributed by atoms with Gasteiger partial charge < -0.3 is 15.2 Å². The predicted molar refractivity (Wildman–Crippen MR) is 68.8 cm³/mol. The summed E-state index contributed by atoms with van der Waals surface area (Å²) in [7, 11) is 1.51. The van der Waals surface area contributed by atoms with E-state index >= 15 is 0 Å². The Labute approximate surface area is 118 Å². The van der Waals surface area contributed by atoms with Gasteiger partial charge in [0, 0.05) is 6.07 Å². The number of nitrogens with zero attached hydrogens (tertiary/aromatic N) is 2. The molecule has 0 aliphatic heterocycles. The highest BCUT2D eigenvalue weighted by Gasteiger charge is 2.35. The molecule has 1 aromatic carbocycles. The lowest BCUT2D eigenvalue weighted by molar-refractivity contribution is -0.145. The van der Waals surface area contributed by atoms with Crippen molar-refractivity contribution in [1.29, 1.82) is 0 Å². The van der Waals surface area contributed by atoms with Crippen molar-refractivity contribution >= 4 is 5.82 Å². The number of anilines is 1. The van der Waals surface area contributed by atoms with Gasteiger partial charge in [-0.1, -0.05) is 12.1 Å². The smallest absolute Gasteiger partial charge is 0.451 e.